The monoisotopic (exact) mass is 464 g/mol. The van der Waals surface area contributed by atoms with Gasteiger partial charge in [-0.25, -0.2) is 12.7 Å². The first-order valence-electron chi connectivity index (χ1n) is 10.4. The molecule has 3 rings (SSSR count). The number of ether oxygens (including phenoxy) is 1. The number of hydrogen-bond acceptors (Lipinski definition) is 4. The van der Waals surface area contributed by atoms with Crippen LogP contribution in [-0.4, -0.2) is 44.9 Å². The number of carbonyl (C=O) groups excluding carboxylic acids is 1. The van der Waals surface area contributed by atoms with Crippen molar-refractivity contribution in [1.29, 1.82) is 0 Å². The van der Waals surface area contributed by atoms with Gasteiger partial charge in [0.25, 0.3) is 0 Å². The molecule has 1 aliphatic rings. The predicted octanol–water partition coefficient (Wildman–Crippen LogP) is 3.69. The molecule has 2 aromatic rings. The molecule has 1 saturated heterocycles. The summed E-state index contributed by atoms with van der Waals surface area (Å²) in [5, 5.41) is 3.38. The zero-order valence-corrected chi connectivity index (χ0v) is 19.5. The van der Waals surface area contributed by atoms with Crippen LogP contribution in [0.4, 0.5) is 0 Å². The maximum absolute atomic E-state index is 12.8. The predicted molar refractivity (Wildman–Crippen MR) is 123 cm³/mol. The average molecular weight is 465 g/mol. The van der Waals surface area contributed by atoms with Gasteiger partial charge in [-0.3, -0.25) is 4.79 Å². The van der Waals surface area contributed by atoms with E-state index in [4.69, 9.17) is 16.3 Å². The summed E-state index contributed by atoms with van der Waals surface area (Å²) < 4.78 is 32.8. The Hall–Kier alpha value is -2.09. The molecule has 0 bridgehead atoms. The summed E-state index contributed by atoms with van der Waals surface area (Å²) in [6.07, 6.45) is 1.33. The normalized spacial score (nSPS) is 17.3. The van der Waals surface area contributed by atoms with Gasteiger partial charge in [0.05, 0.1) is 18.2 Å². The van der Waals surface area contributed by atoms with Crippen molar-refractivity contribution in [2.24, 2.45) is 5.92 Å². The number of benzene rings is 2. The molecular formula is C23H29ClN2O4S. The molecule has 0 saturated carbocycles. The molecular weight excluding hydrogens is 436 g/mol. The lowest BCUT2D eigenvalue weighted by Crippen LogP contribution is -2.46. The summed E-state index contributed by atoms with van der Waals surface area (Å²) in [5.74, 6) is 0.171. The Morgan fingerprint density at radius 1 is 1.19 bits per heavy atom. The molecule has 0 unspecified atom stereocenters. The molecule has 31 heavy (non-hydrogen) atoms. The fourth-order valence-corrected chi connectivity index (χ4v) is 5.65. The molecule has 1 atom stereocenters. The molecule has 1 fully saturated rings. The van der Waals surface area contributed by atoms with E-state index in [0.717, 1.165) is 16.9 Å². The molecule has 1 aliphatic heterocycles. The van der Waals surface area contributed by atoms with Crippen LogP contribution in [0, 0.1) is 19.8 Å². The summed E-state index contributed by atoms with van der Waals surface area (Å²) in [5.41, 5.74) is 2.89. The highest BCUT2D eigenvalue weighted by Crippen LogP contribution is 2.22. The van der Waals surface area contributed by atoms with Gasteiger partial charge in [0.1, 0.15) is 12.4 Å². The second-order valence-corrected chi connectivity index (χ2v) is 10.5. The molecule has 1 heterocycles. The minimum absolute atomic E-state index is 0.119. The van der Waals surface area contributed by atoms with E-state index in [1.165, 1.54) is 4.31 Å². The number of halogens is 1. The van der Waals surface area contributed by atoms with E-state index in [1.807, 2.05) is 26.0 Å². The van der Waals surface area contributed by atoms with Crippen LogP contribution in [0.3, 0.4) is 0 Å². The SMILES string of the molecule is Cc1cc(C)cc(OCCNC(=O)[C@H]2CCCN(S(=O)(=O)Cc3cccc(Cl)c3)C2)c1. The first-order chi connectivity index (χ1) is 14.7. The van der Waals surface area contributed by atoms with E-state index < -0.39 is 10.0 Å². The number of amides is 1. The van der Waals surface area contributed by atoms with Gasteiger partial charge in [-0.15, -0.1) is 0 Å². The summed E-state index contributed by atoms with van der Waals surface area (Å²) in [6.45, 7) is 5.39. The van der Waals surface area contributed by atoms with Crippen LogP contribution in [-0.2, 0) is 20.6 Å². The molecule has 0 spiro atoms. The van der Waals surface area contributed by atoms with Crippen LogP contribution in [0.1, 0.15) is 29.5 Å². The van der Waals surface area contributed by atoms with Crippen LogP contribution in [0.5, 0.6) is 5.75 Å². The smallest absolute Gasteiger partial charge is 0.224 e. The highest BCUT2D eigenvalue weighted by molar-refractivity contribution is 7.88. The molecule has 168 valence electrons. The topological polar surface area (TPSA) is 75.7 Å². The van der Waals surface area contributed by atoms with Gasteiger partial charge in [-0.1, -0.05) is 29.8 Å². The van der Waals surface area contributed by atoms with Gasteiger partial charge in [-0.05, 0) is 67.6 Å². The van der Waals surface area contributed by atoms with Gasteiger partial charge >= 0.3 is 0 Å². The van der Waals surface area contributed by atoms with Crippen molar-refractivity contribution in [3.8, 4) is 5.75 Å². The molecule has 0 aromatic heterocycles. The Bertz CT molecular complexity index is 1010. The van der Waals surface area contributed by atoms with Crippen molar-refractivity contribution in [3.63, 3.8) is 0 Å². The number of piperidine rings is 1. The number of aryl methyl sites for hydroxylation is 2. The third kappa shape index (κ3) is 6.95. The number of rotatable bonds is 8. The summed E-state index contributed by atoms with van der Waals surface area (Å²) >= 11 is 5.97. The van der Waals surface area contributed by atoms with Gasteiger partial charge in [-0.2, -0.15) is 0 Å². The number of carbonyl (C=O) groups is 1. The third-order valence-electron chi connectivity index (χ3n) is 5.25. The highest BCUT2D eigenvalue weighted by atomic mass is 35.5. The Kier molecular flexibility index (Phi) is 7.97. The van der Waals surface area contributed by atoms with Gasteiger partial charge in [0, 0.05) is 18.1 Å². The van der Waals surface area contributed by atoms with E-state index >= 15 is 0 Å². The number of nitrogens with zero attached hydrogens (tertiary/aromatic N) is 1. The molecule has 1 N–H and O–H groups in total. The number of sulfonamides is 1. The lowest BCUT2D eigenvalue weighted by atomic mass is 9.99. The van der Waals surface area contributed by atoms with Crippen molar-refractivity contribution < 1.29 is 17.9 Å². The van der Waals surface area contributed by atoms with Crippen molar-refractivity contribution in [3.05, 3.63) is 64.2 Å². The lowest BCUT2D eigenvalue weighted by molar-refractivity contribution is -0.126. The lowest BCUT2D eigenvalue weighted by Gasteiger charge is -2.31. The maximum atomic E-state index is 12.8. The first kappa shape index (κ1) is 23.6. The number of hydrogen-bond donors (Lipinski definition) is 1. The Morgan fingerprint density at radius 3 is 2.65 bits per heavy atom. The quantitative estimate of drug-likeness (QED) is 0.604. The summed E-state index contributed by atoms with van der Waals surface area (Å²) in [6, 6.07) is 12.8. The van der Waals surface area contributed by atoms with Crippen LogP contribution in [0.2, 0.25) is 5.02 Å². The fraction of sp³-hybridized carbons (Fsp3) is 0.435. The summed E-state index contributed by atoms with van der Waals surface area (Å²) in [4.78, 5) is 12.6. The minimum atomic E-state index is -3.52. The van der Waals surface area contributed by atoms with Crippen molar-refractivity contribution in [1.82, 2.24) is 9.62 Å². The largest absolute Gasteiger partial charge is 0.492 e. The average Bonchev–Trinajstić information content (AvgIpc) is 2.70. The Balaban J connectivity index is 1.49. The molecule has 2 aromatic carbocycles. The molecule has 1 amide bonds. The third-order valence-corrected chi connectivity index (χ3v) is 7.30. The minimum Gasteiger partial charge on any atom is -0.492 e. The van der Waals surface area contributed by atoms with Crippen LogP contribution < -0.4 is 10.1 Å². The van der Waals surface area contributed by atoms with Crippen LogP contribution >= 0.6 is 11.6 Å². The Labute approximate surface area is 189 Å². The molecule has 6 nitrogen and oxygen atoms in total. The molecule has 0 radical (unpaired) electrons. The molecule has 8 heteroatoms. The van der Waals surface area contributed by atoms with E-state index in [9.17, 15) is 13.2 Å². The first-order valence-corrected chi connectivity index (χ1v) is 12.4. The van der Waals surface area contributed by atoms with Crippen LogP contribution in [0.25, 0.3) is 0 Å². The number of nitrogens with one attached hydrogen (secondary N) is 1. The van der Waals surface area contributed by atoms with E-state index in [2.05, 4.69) is 11.4 Å². The molecule has 0 aliphatic carbocycles. The van der Waals surface area contributed by atoms with Crippen molar-refractivity contribution >= 4 is 27.5 Å². The summed E-state index contributed by atoms with van der Waals surface area (Å²) in [7, 11) is -3.52. The second-order valence-electron chi connectivity index (χ2n) is 8.05. The standard InChI is InChI=1S/C23H29ClN2O4S/c1-17-11-18(2)13-22(12-17)30-10-8-25-23(27)20-6-4-9-26(15-20)31(28,29)16-19-5-3-7-21(24)14-19/h3,5,7,11-14,20H,4,6,8-10,15-16H2,1-2H3,(H,25,27)/t20-/m0/s1. The maximum Gasteiger partial charge on any atom is 0.224 e. The van der Waals surface area contributed by atoms with E-state index in [0.29, 0.717) is 43.1 Å². The van der Waals surface area contributed by atoms with Gasteiger partial charge < -0.3 is 10.1 Å². The van der Waals surface area contributed by atoms with Gasteiger partial charge in [0.15, 0.2) is 0 Å². The second kappa shape index (κ2) is 10.5. The van der Waals surface area contributed by atoms with Crippen LogP contribution in [0.15, 0.2) is 42.5 Å². The van der Waals surface area contributed by atoms with Crippen molar-refractivity contribution in [2.45, 2.75) is 32.4 Å². The Morgan fingerprint density at radius 2 is 1.94 bits per heavy atom. The fourth-order valence-electron chi connectivity index (χ4n) is 3.84. The zero-order chi connectivity index (χ0) is 22.4. The van der Waals surface area contributed by atoms with E-state index in [-0.39, 0.29) is 24.1 Å². The zero-order valence-electron chi connectivity index (χ0n) is 17.9. The van der Waals surface area contributed by atoms with E-state index in [1.54, 1.807) is 24.3 Å². The highest BCUT2D eigenvalue weighted by Gasteiger charge is 2.32. The van der Waals surface area contributed by atoms with Gasteiger partial charge in [0.2, 0.25) is 15.9 Å². The van der Waals surface area contributed by atoms with Crippen molar-refractivity contribution in [2.75, 3.05) is 26.2 Å².